The molecule has 11 atom stereocenters. The molecule has 2 aliphatic rings. The number of aliphatic hydroxyl groups is 2. The van der Waals surface area contributed by atoms with Gasteiger partial charge in [-0.1, -0.05) is 25.4 Å². The summed E-state index contributed by atoms with van der Waals surface area (Å²) in [4.78, 5) is 64.4. The number of carbonyl (C=O) groups excluding carboxylic acids is 5. The molecule has 2 N–H and O–H groups in total. The van der Waals surface area contributed by atoms with Crippen LogP contribution in [-0.2, 0) is 66.6 Å². The van der Waals surface area contributed by atoms with E-state index in [-0.39, 0.29) is 6.61 Å². The lowest BCUT2D eigenvalue weighted by molar-refractivity contribution is -0.335. The minimum atomic E-state index is -2.54. The molecular formula is C29H42N4O16. The van der Waals surface area contributed by atoms with E-state index in [0.29, 0.717) is 12.8 Å². The summed E-state index contributed by atoms with van der Waals surface area (Å²) in [6.45, 7) is 5.28. The van der Waals surface area contributed by atoms with E-state index < -0.39 is 116 Å². The van der Waals surface area contributed by atoms with E-state index >= 15 is 0 Å². The Morgan fingerprint density at radius 2 is 1.80 bits per heavy atom. The third-order valence-electron chi connectivity index (χ3n) is 7.64. The highest BCUT2D eigenvalue weighted by molar-refractivity contribution is 5.86. The van der Waals surface area contributed by atoms with Gasteiger partial charge in [-0.3, -0.25) is 14.4 Å². The number of ether oxygens (including phenoxy) is 9. The van der Waals surface area contributed by atoms with Crippen LogP contribution in [-0.4, -0.2) is 128 Å². The molecule has 20 heteroatoms. The first-order valence-electron chi connectivity index (χ1n) is 15.3. The van der Waals surface area contributed by atoms with Gasteiger partial charge in [0.1, 0.15) is 37.1 Å². The third kappa shape index (κ3) is 11.2. The quantitative estimate of drug-likeness (QED) is 0.0410. The van der Waals surface area contributed by atoms with Crippen LogP contribution < -0.4 is 0 Å². The van der Waals surface area contributed by atoms with Crippen molar-refractivity contribution in [2.75, 3.05) is 26.9 Å². The highest BCUT2D eigenvalue weighted by Gasteiger charge is 2.58. The Kier molecular flexibility index (Phi) is 16.1. The number of nitriles is 1. The van der Waals surface area contributed by atoms with Gasteiger partial charge in [0.25, 0.3) is 5.79 Å². The summed E-state index contributed by atoms with van der Waals surface area (Å²) in [6.07, 6.45) is -11.5. The van der Waals surface area contributed by atoms with Crippen LogP contribution in [0.2, 0.25) is 0 Å². The van der Waals surface area contributed by atoms with Crippen molar-refractivity contribution in [3.63, 3.8) is 0 Å². The third-order valence-corrected chi connectivity index (χ3v) is 7.64. The number of azide groups is 1. The van der Waals surface area contributed by atoms with Crippen LogP contribution in [0.1, 0.15) is 53.9 Å². The average Bonchev–Trinajstić information content (AvgIpc) is 3.04. The van der Waals surface area contributed by atoms with Gasteiger partial charge in [0, 0.05) is 38.2 Å². The van der Waals surface area contributed by atoms with E-state index in [1.165, 1.54) is 13.0 Å². The Labute approximate surface area is 281 Å². The molecule has 0 saturated carbocycles. The second kappa shape index (κ2) is 19.2. The average molecular weight is 703 g/mol. The van der Waals surface area contributed by atoms with E-state index in [9.17, 15) is 39.4 Å². The minimum Gasteiger partial charge on any atom is -0.465 e. The molecule has 3 unspecified atom stereocenters. The van der Waals surface area contributed by atoms with Crippen LogP contribution in [0.5, 0.6) is 0 Å². The number of rotatable bonds is 16. The van der Waals surface area contributed by atoms with Crippen molar-refractivity contribution in [2.45, 2.75) is 115 Å². The highest BCUT2D eigenvalue weighted by atomic mass is 16.8. The second-order valence-corrected chi connectivity index (χ2v) is 11.2. The molecule has 0 bridgehead atoms. The van der Waals surface area contributed by atoms with Crippen LogP contribution in [0.3, 0.4) is 0 Å². The zero-order chi connectivity index (χ0) is 36.9. The van der Waals surface area contributed by atoms with Gasteiger partial charge >= 0.3 is 29.8 Å². The molecule has 49 heavy (non-hydrogen) atoms. The van der Waals surface area contributed by atoms with Crippen LogP contribution >= 0.6 is 0 Å². The Morgan fingerprint density at radius 3 is 2.35 bits per heavy atom. The standard InChI is InChI=1S/C29H42N4O16/c1-7-8-9-42-25-20(48-27(39)22(23(25)38)32-33-31)13-44-29(28(40)41-6)10-18(47-21(37)11-30)14(2)24(49-29)26(46-17(5)36)19(45-16(4)35)12-43-15(3)34/h14,18-20,22-27,38-39H,7-10,12-13H2,1-6H3/t14-,18-,19-,20?,22+,23?,24?,25+,26-,27-,29-/m1/s1. The van der Waals surface area contributed by atoms with Gasteiger partial charge in [0.2, 0.25) is 0 Å². The van der Waals surface area contributed by atoms with Crippen LogP contribution in [0.25, 0.3) is 10.4 Å². The maximum Gasteiger partial charge on any atom is 0.411 e. The monoisotopic (exact) mass is 702 g/mol. The summed E-state index contributed by atoms with van der Waals surface area (Å²) in [5.41, 5.74) is 8.92. The summed E-state index contributed by atoms with van der Waals surface area (Å²) in [6, 6.07) is -0.163. The van der Waals surface area contributed by atoms with Crippen molar-refractivity contribution in [3.05, 3.63) is 10.4 Å². The number of hydrogen-bond acceptors (Lipinski definition) is 18. The molecule has 0 aromatic carbocycles. The Balaban J connectivity index is 2.63. The topological polar surface area (TPSA) is 281 Å². The summed E-state index contributed by atoms with van der Waals surface area (Å²) in [5, 5.41) is 34.0. The normalized spacial score (nSPS) is 30.7. The van der Waals surface area contributed by atoms with Crippen LogP contribution in [0, 0.1) is 17.2 Å². The van der Waals surface area contributed by atoms with Crippen molar-refractivity contribution < 1.29 is 76.8 Å². The lowest BCUT2D eigenvalue weighted by Crippen LogP contribution is -2.64. The fourth-order valence-corrected chi connectivity index (χ4v) is 5.34. The molecule has 2 fully saturated rings. The van der Waals surface area contributed by atoms with Crippen molar-refractivity contribution in [1.29, 1.82) is 5.26 Å². The van der Waals surface area contributed by atoms with E-state index in [1.54, 1.807) is 0 Å². The number of aliphatic hydroxyl groups excluding tert-OH is 2. The van der Waals surface area contributed by atoms with Crippen LogP contribution in [0.4, 0.5) is 0 Å². The van der Waals surface area contributed by atoms with Gasteiger partial charge in [0.05, 0.1) is 26.2 Å². The zero-order valence-electron chi connectivity index (χ0n) is 27.9. The summed E-state index contributed by atoms with van der Waals surface area (Å²) >= 11 is 0. The summed E-state index contributed by atoms with van der Waals surface area (Å²) in [7, 11) is 0.984. The van der Waals surface area contributed by atoms with Crippen molar-refractivity contribution in [1.82, 2.24) is 0 Å². The maximum atomic E-state index is 13.5. The molecule has 2 heterocycles. The van der Waals surface area contributed by atoms with Gasteiger partial charge in [-0.2, -0.15) is 5.26 Å². The lowest BCUT2D eigenvalue weighted by atomic mass is 9.84. The first kappa shape index (κ1) is 41.1. The Morgan fingerprint density at radius 1 is 1.12 bits per heavy atom. The van der Waals surface area contributed by atoms with E-state index in [2.05, 4.69) is 10.0 Å². The van der Waals surface area contributed by atoms with Crippen molar-refractivity contribution in [3.8, 4) is 6.07 Å². The minimum absolute atomic E-state index is 0.117. The number of nitrogens with zero attached hydrogens (tertiary/aromatic N) is 4. The molecule has 0 amide bonds. The molecule has 274 valence electrons. The number of methoxy groups -OCH3 is 1. The molecule has 0 spiro atoms. The molecule has 0 aromatic heterocycles. The smallest absolute Gasteiger partial charge is 0.411 e. The Hall–Kier alpha value is -4.09. The van der Waals surface area contributed by atoms with Crippen LogP contribution in [0.15, 0.2) is 5.11 Å². The predicted molar refractivity (Wildman–Crippen MR) is 157 cm³/mol. The molecular weight excluding hydrogens is 660 g/mol. The SMILES string of the molecule is CCCCO[C@H]1C(CO[C@]2(C(=O)OC)C[C@@H](OC(=O)C#N)[C@@H](C)C([C@H](OC(C)=O)[C@@H](COC(C)=O)OC(C)=O)O2)O[C@@H](O)[C@@H](N=[N+]=[N-])C1O. The lowest BCUT2D eigenvalue weighted by Gasteiger charge is -2.48. The molecule has 0 aromatic rings. The first-order chi connectivity index (χ1) is 23.1. The van der Waals surface area contributed by atoms with E-state index in [4.69, 9.17) is 48.2 Å². The van der Waals surface area contributed by atoms with E-state index in [0.717, 1.165) is 27.9 Å². The predicted octanol–water partition coefficient (Wildman–Crippen LogP) is 0.101. The van der Waals surface area contributed by atoms with E-state index in [1.807, 2.05) is 6.92 Å². The summed E-state index contributed by atoms with van der Waals surface area (Å²) < 4.78 is 49.7. The number of unbranched alkanes of at least 4 members (excludes halogenated alkanes) is 1. The molecule has 0 radical (unpaired) electrons. The van der Waals surface area contributed by atoms with Crippen molar-refractivity contribution >= 4 is 29.8 Å². The Bertz CT molecular complexity index is 1270. The molecule has 0 aliphatic carbocycles. The molecule has 2 aliphatic heterocycles. The number of carbonyl (C=O) groups is 5. The van der Waals surface area contributed by atoms with Gasteiger partial charge < -0.3 is 52.8 Å². The number of hydrogen-bond donors (Lipinski definition) is 2. The van der Waals surface area contributed by atoms with Gasteiger partial charge in [-0.05, 0) is 12.0 Å². The second-order valence-electron chi connectivity index (χ2n) is 11.2. The zero-order valence-corrected chi connectivity index (χ0v) is 27.9. The highest BCUT2D eigenvalue weighted by Crippen LogP contribution is 2.40. The van der Waals surface area contributed by atoms with Gasteiger partial charge in [-0.25, -0.2) is 9.59 Å². The molecule has 20 nitrogen and oxygen atoms in total. The maximum absolute atomic E-state index is 13.5. The van der Waals surface area contributed by atoms with Gasteiger partial charge in [-0.15, -0.1) is 0 Å². The first-order valence-corrected chi connectivity index (χ1v) is 15.3. The van der Waals surface area contributed by atoms with Crippen molar-refractivity contribution in [2.24, 2.45) is 11.0 Å². The summed E-state index contributed by atoms with van der Waals surface area (Å²) in [5.74, 6) is -8.70. The largest absolute Gasteiger partial charge is 0.465 e. The fraction of sp³-hybridized carbons (Fsp3) is 0.793. The van der Waals surface area contributed by atoms with Gasteiger partial charge in [0.15, 0.2) is 24.6 Å². The number of esters is 5. The molecule has 2 saturated heterocycles. The molecule has 2 rings (SSSR count). The fourth-order valence-electron chi connectivity index (χ4n) is 5.34.